The lowest BCUT2D eigenvalue weighted by Gasteiger charge is -2.21. The second kappa shape index (κ2) is 16.0. The van der Waals surface area contributed by atoms with Crippen LogP contribution in [0.25, 0.3) is 22.3 Å². The van der Waals surface area contributed by atoms with E-state index in [4.69, 9.17) is 4.74 Å². The maximum absolute atomic E-state index is 13.7. The highest BCUT2D eigenvalue weighted by atomic mass is 16.5. The van der Waals surface area contributed by atoms with Crippen molar-refractivity contribution in [3.05, 3.63) is 157 Å². The SMILES string of the molecule is O=C(CCC=C[C@@H](C(=O)N[C@H](CO)Cc1ccccc1)n1ccc(-c2ccc(-c3ccccc3)cc2)c1)OCc1ccccc1. The Morgan fingerprint density at radius 2 is 1.31 bits per heavy atom. The Kier molecular flexibility index (Phi) is 11.1. The van der Waals surface area contributed by atoms with Crippen molar-refractivity contribution in [2.75, 3.05) is 6.61 Å². The van der Waals surface area contributed by atoms with Gasteiger partial charge in [-0.05, 0) is 52.3 Å². The van der Waals surface area contributed by atoms with Crippen LogP contribution in [-0.4, -0.2) is 34.2 Å². The molecule has 0 fully saturated rings. The number of nitrogens with one attached hydrogen (secondary N) is 1. The highest BCUT2D eigenvalue weighted by Gasteiger charge is 2.21. The first-order valence-corrected chi connectivity index (χ1v) is 15.2. The summed E-state index contributed by atoms with van der Waals surface area (Å²) >= 11 is 0. The van der Waals surface area contributed by atoms with Gasteiger partial charge in [0.1, 0.15) is 12.6 Å². The number of benzene rings is 4. The van der Waals surface area contributed by atoms with Gasteiger partial charge in [0.15, 0.2) is 0 Å². The van der Waals surface area contributed by atoms with Crippen molar-refractivity contribution in [2.45, 2.75) is 38.0 Å². The van der Waals surface area contributed by atoms with E-state index < -0.39 is 12.1 Å². The molecule has 2 N–H and O–H groups in total. The quantitative estimate of drug-likeness (QED) is 0.105. The lowest BCUT2D eigenvalue weighted by atomic mass is 10.0. The van der Waals surface area contributed by atoms with Gasteiger partial charge < -0.3 is 19.7 Å². The van der Waals surface area contributed by atoms with Gasteiger partial charge in [-0.15, -0.1) is 0 Å². The summed E-state index contributed by atoms with van der Waals surface area (Å²) in [6.45, 7) is 0.0475. The molecule has 0 unspecified atom stereocenters. The molecule has 0 aliphatic carbocycles. The summed E-state index contributed by atoms with van der Waals surface area (Å²) in [4.78, 5) is 26.0. The van der Waals surface area contributed by atoms with Crippen LogP contribution in [0.3, 0.4) is 0 Å². The molecule has 0 saturated heterocycles. The summed E-state index contributed by atoms with van der Waals surface area (Å²) in [5.74, 6) is -0.538. The Morgan fingerprint density at radius 1 is 0.733 bits per heavy atom. The predicted octanol–water partition coefficient (Wildman–Crippen LogP) is 7.16. The number of rotatable bonds is 14. The molecule has 0 saturated carbocycles. The number of carbonyl (C=O) groups excluding carboxylic acids is 2. The Labute approximate surface area is 264 Å². The summed E-state index contributed by atoms with van der Waals surface area (Å²) in [6.07, 6.45) is 8.62. The molecule has 0 radical (unpaired) electrons. The number of allylic oxidation sites excluding steroid dienone is 1. The van der Waals surface area contributed by atoms with Gasteiger partial charge in [-0.25, -0.2) is 0 Å². The molecule has 45 heavy (non-hydrogen) atoms. The number of esters is 1. The average Bonchev–Trinajstić information content (AvgIpc) is 3.58. The molecule has 5 aromatic rings. The third-order valence-corrected chi connectivity index (χ3v) is 7.60. The number of hydrogen-bond acceptors (Lipinski definition) is 4. The molecule has 2 atom stereocenters. The predicted molar refractivity (Wildman–Crippen MR) is 178 cm³/mol. The van der Waals surface area contributed by atoms with E-state index >= 15 is 0 Å². The van der Waals surface area contributed by atoms with E-state index in [2.05, 4.69) is 41.7 Å². The minimum atomic E-state index is -0.674. The number of aromatic nitrogens is 1. The molecule has 0 aliphatic heterocycles. The highest BCUT2D eigenvalue weighted by molar-refractivity contribution is 5.83. The summed E-state index contributed by atoms with van der Waals surface area (Å²) in [6, 6.07) is 38.8. The number of aliphatic hydroxyl groups excluding tert-OH is 1. The molecule has 5 rings (SSSR count). The molecule has 1 heterocycles. The smallest absolute Gasteiger partial charge is 0.306 e. The Morgan fingerprint density at radius 3 is 1.96 bits per heavy atom. The molecule has 4 aromatic carbocycles. The van der Waals surface area contributed by atoms with Crippen LogP contribution in [0.15, 0.2) is 146 Å². The van der Waals surface area contributed by atoms with Gasteiger partial charge in [0.2, 0.25) is 5.91 Å². The number of aliphatic hydroxyl groups is 1. The van der Waals surface area contributed by atoms with Crippen LogP contribution in [-0.2, 0) is 27.4 Å². The van der Waals surface area contributed by atoms with E-state index in [1.165, 1.54) is 0 Å². The summed E-state index contributed by atoms with van der Waals surface area (Å²) in [7, 11) is 0. The standard InChI is InChI=1S/C39H38N2O4/c42-28-36(26-30-12-4-1-5-13-30)40-39(44)37(18-10-11-19-38(43)45-29-31-14-6-2-7-15-31)41-25-24-35(27-41)34-22-20-33(21-23-34)32-16-8-3-9-17-32/h1-10,12-18,20-25,27,36-37,42H,11,19,26,28-29H2,(H,40,44)/t36-,37-/m0/s1. The maximum atomic E-state index is 13.7. The van der Waals surface area contributed by atoms with E-state index in [1.54, 1.807) is 6.08 Å². The lowest BCUT2D eigenvalue weighted by molar-refractivity contribution is -0.144. The molecule has 228 valence electrons. The number of nitrogens with zero attached hydrogens (tertiary/aromatic N) is 1. The van der Waals surface area contributed by atoms with E-state index in [0.29, 0.717) is 12.8 Å². The first-order valence-electron chi connectivity index (χ1n) is 15.2. The molecule has 0 spiro atoms. The van der Waals surface area contributed by atoms with Crippen LogP contribution in [0.1, 0.15) is 30.0 Å². The molecular weight excluding hydrogens is 560 g/mol. The number of ether oxygens (including phenoxy) is 1. The minimum Gasteiger partial charge on any atom is -0.461 e. The Balaban J connectivity index is 1.28. The van der Waals surface area contributed by atoms with Gasteiger partial charge in [0, 0.05) is 18.8 Å². The molecule has 0 bridgehead atoms. The zero-order chi connectivity index (χ0) is 31.3. The van der Waals surface area contributed by atoms with Gasteiger partial charge in [-0.2, -0.15) is 0 Å². The summed E-state index contributed by atoms with van der Waals surface area (Å²) in [5.41, 5.74) is 6.27. The van der Waals surface area contributed by atoms with E-state index in [9.17, 15) is 14.7 Å². The Bertz CT molecular complexity index is 1660. The van der Waals surface area contributed by atoms with Crippen molar-refractivity contribution in [1.82, 2.24) is 9.88 Å². The largest absolute Gasteiger partial charge is 0.461 e. The van der Waals surface area contributed by atoms with Gasteiger partial charge in [-0.1, -0.05) is 127 Å². The number of hydrogen-bond donors (Lipinski definition) is 2. The first kappa shape index (κ1) is 31.2. The van der Waals surface area contributed by atoms with Gasteiger partial charge in [0.25, 0.3) is 0 Å². The van der Waals surface area contributed by atoms with Gasteiger partial charge in [0.05, 0.1) is 12.6 Å². The van der Waals surface area contributed by atoms with Crippen LogP contribution >= 0.6 is 0 Å². The molecular formula is C39H38N2O4. The first-order chi connectivity index (χ1) is 22.1. The van der Waals surface area contributed by atoms with E-state index in [-0.39, 0.29) is 31.5 Å². The fourth-order valence-corrected chi connectivity index (χ4v) is 5.15. The third kappa shape index (κ3) is 9.15. The third-order valence-electron chi connectivity index (χ3n) is 7.60. The zero-order valence-electron chi connectivity index (χ0n) is 25.2. The van der Waals surface area contributed by atoms with Gasteiger partial charge >= 0.3 is 5.97 Å². The van der Waals surface area contributed by atoms with Gasteiger partial charge in [-0.3, -0.25) is 9.59 Å². The second-order valence-corrected chi connectivity index (χ2v) is 10.9. The van der Waals surface area contributed by atoms with Crippen LogP contribution in [0.4, 0.5) is 0 Å². The molecule has 1 amide bonds. The van der Waals surface area contributed by atoms with Crippen molar-refractivity contribution < 1.29 is 19.4 Å². The normalized spacial score (nSPS) is 12.5. The Hall–Kier alpha value is -5.20. The van der Waals surface area contributed by atoms with Crippen molar-refractivity contribution in [3.8, 4) is 22.3 Å². The molecule has 6 heteroatoms. The van der Waals surface area contributed by atoms with Crippen molar-refractivity contribution >= 4 is 11.9 Å². The van der Waals surface area contributed by atoms with Crippen molar-refractivity contribution in [1.29, 1.82) is 0 Å². The lowest BCUT2D eigenvalue weighted by Crippen LogP contribution is -2.42. The van der Waals surface area contributed by atoms with Crippen LogP contribution in [0, 0.1) is 0 Å². The topological polar surface area (TPSA) is 80.6 Å². The number of amides is 1. The van der Waals surface area contributed by atoms with Crippen LogP contribution in [0.5, 0.6) is 0 Å². The van der Waals surface area contributed by atoms with Crippen LogP contribution in [0.2, 0.25) is 0 Å². The number of carbonyl (C=O) groups is 2. The second-order valence-electron chi connectivity index (χ2n) is 10.9. The summed E-state index contributed by atoms with van der Waals surface area (Å²) < 4.78 is 7.25. The molecule has 0 aliphatic rings. The van der Waals surface area contributed by atoms with Crippen LogP contribution < -0.4 is 5.32 Å². The zero-order valence-corrected chi connectivity index (χ0v) is 25.2. The van der Waals surface area contributed by atoms with Crippen molar-refractivity contribution in [3.63, 3.8) is 0 Å². The van der Waals surface area contributed by atoms with E-state index in [0.717, 1.165) is 33.4 Å². The highest BCUT2D eigenvalue weighted by Crippen LogP contribution is 2.26. The molecule has 1 aromatic heterocycles. The monoisotopic (exact) mass is 598 g/mol. The fourth-order valence-electron chi connectivity index (χ4n) is 5.15. The van der Waals surface area contributed by atoms with E-state index in [1.807, 2.05) is 108 Å². The average molecular weight is 599 g/mol. The van der Waals surface area contributed by atoms with Crippen molar-refractivity contribution in [2.24, 2.45) is 0 Å². The molecule has 6 nitrogen and oxygen atoms in total. The fraction of sp³-hybridized carbons (Fsp3) is 0.179. The minimum absolute atomic E-state index is 0.186. The summed E-state index contributed by atoms with van der Waals surface area (Å²) in [5, 5.41) is 13.1. The maximum Gasteiger partial charge on any atom is 0.306 e.